The van der Waals surface area contributed by atoms with E-state index in [2.05, 4.69) is 15.8 Å². The lowest BCUT2D eigenvalue weighted by Gasteiger charge is -2.13. The van der Waals surface area contributed by atoms with Gasteiger partial charge in [-0.2, -0.15) is 5.10 Å². The standard InChI is InChI=1S/C17H18ClN3O3/c1-11(20-14-4-6-15(24-2)7-5-14)17(23)21-19-10-12-9-13(18)3-8-16(12)22/h3-11,20,22H,1-2H3,(H,21,23)/b19-10+. The molecule has 0 fully saturated rings. The van der Waals surface area contributed by atoms with Crippen molar-refractivity contribution in [3.05, 3.63) is 53.1 Å². The predicted molar refractivity (Wildman–Crippen MR) is 94.9 cm³/mol. The molecule has 0 aliphatic carbocycles. The molecule has 0 spiro atoms. The van der Waals surface area contributed by atoms with Gasteiger partial charge < -0.3 is 15.2 Å². The number of hydrazone groups is 1. The van der Waals surface area contributed by atoms with Gasteiger partial charge in [0, 0.05) is 16.3 Å². The van der Waals surface area contributed by atoms with Crippen LogP contribution in [0, 0.1) is 0 Å². The molecule has 1 amide bonds. The number of hydrogen-bond acceptors (Lipinski definition) is 5. The van der Waals surface area contributed by atoms with E-state index in [-0.39, 0.29) is 11.7 Å². The lowest BCUT2D eigenvalue weighted by Crippen LogP contribution is -2.34. The monoisotopic (exact) mass is 347 g/mol. The van der Waals surface area contributed by atoms with Crippen molar-refractivity contribution in [2.75, 3.05) is 12.4 Å². The fourth-order valence-electron chi connectivity index (χ4n) is 1.89. The Morgan fingerprint density at radius 3 is 2.67 bits per heavy atom. The Kier molecular flexibility index (Phi) is 6.03. The Hall–Kier alpha value is -2.73. The summed E-state index contributed by atoms with van der Waals surface area (Å²) in [6.07, 6.45) is 1.33. The first kappa shape index (κ1) is 17.6. The number of nitrogens with one attached hydrogen (secondary N) is 2. The zero-order valence-electron chi connectivity index (χ0n) is 13.3. The van der Waals surface area contributed by atoms with Crippen LogP contribution in [0.5, 0.6) is 11.5 Å². The SMILES string of the molecule is COc1ccc(NC(C)C(=O)N/N=C/c2cc(Cl)ccc2O)cc1. The largest absolute Gasteiger partial charge is 0.507 e. The summed E-state index contributed by atoms with van der Waals surface area (Å²) < 4.78 is 5.08. The first-order valence-corrected chi connectivity index (χ1v) is 7.59. The second-order valence-electron chi connectivity index (χ2n) is 5.03. The third kappa shape index (κ3) is 4.89. The van der Waals surface area contributed by atoms with E-state index in [1.165, 1.54) is 12.3 Å². The van der Waals surface area contributed by atoms with E-state index in [1.807, 2.05) is 12.1 Å². The summed E-state index contributed by atoms with van der Waals surface area (Å²) in [4.78, 5) is 12.0. The van der Waals surface area contributed by atoms with Gasteiger partial charge in [0.25, 0.3) is 5.91 Å². The molecule has 0 bridgehead atoms. The third-order valence-electron chi connectivity index (χ3n) is 3.23. The van der Waals surface area contributed by atoms with Crippen molar-refractivity contribution in [3.8, 4) is 11.5 Å². The molecule has 2 rings (SSSR count). The van der Waals surface area contributed by atoms with Crippen LogP contribution in [0.2, 0.25) is 5.02 Å². The van der Waals surface area contributed by atoms with Crippen LogP contribution in [-0.2, 0) is 4.79 Å². The molecule has 0 aliphatic heterocycles. The quantitative estimate of drug-likeness (QED) is 0.554. The minimum absolute atomic E-state index is 0.0294. The molecule has 2 aromatic rings. The highest BCUT2D eigenvalue weighted by atomic mass is 35.5. The van der Waals surface area contributed by atoms with Crippen LogP contribution in [0.3, 0.4) is 0 Å². The van der Waals surface area contributed by atoms with Gasteiger partial charge in [-0.05, 0) is 49.4 Å². The van der Waals surface area contributed by atoms with Gasteiger partial charge in [-0.1, -0.05) is 11.6 Å². The number of hydrogen-bond donors (Lipinski definition) is 3. The molecule has 0 aliphatic rings. The van der Waals surface area contributed by atoms with E-state index in [0.717, 1.165) is 11.4 Å². The van der Waals surface area contributed by atoms with Gasteiger partial charge in [-0.15, -0.1) is 0 Å². The molecular weight excluding hydrogens is 330 g/mol. The molecule has 0 radical (unpaired) electrons. The molecule has 126 valence electrons. The zero-order valence-corrected chi connectivity index (χ0v) is 14.0. The van der Waals surface area contributed by atoms with Crippen LogP contribution in [-0.4, -0.2) is 30.4 Å². The average molecular weight is 348 g/mol. The number of rotatable bonds is 6. The molecule has 0 saturated carbocycles. The van der Waals surface area contributed by atoms with Crippen LogP contribution < -0.4 is 15.5 Å². The summed E-state index contributed by atoms with van der Waals surface area (Å²) in [6.45, 7) is 1.71. The van der Waals surface area contributed by atoms with Gasteiger partial charge in [-0.25, -0.2) is 5.43 Å². The summed E-state index contributed by atoms with van der Waals surface area (Å²) >= 11 is 5.84. The van der Waals surface area contributed by atoms with Crippen molar-refractivity contribution in [2.45, 2.75) is 13.0 Å². The number of nitrogens with zero attached hydrogens (tertiary/aromatic N) is 1. The molecule has 3 N–H and O–H groups in total. The highest BCUT2D eigenvalue weighted by Crippen LogP contribution is 2.19. The summed E-state index contributed by atoms with van der Waals surface area (Å²) in [5.41, 5.74) is 3.61. The predicted octanol–water partition coefficient (Wildman–Crippen LogP) is 3.00. The number of amides is 1. The Balaban J connectivity index is 1.91. The number of carbonyl (C=O) groups is 1. The lowest BCUT2D eigenvalue weighted by molar-refractivity contribution is -0.121. The molecule has 0 saturated heterocycles. The van der Waals surface area contributed by atoms with Crippen LogP contribution in [0.25, 0.3) is 0 Å². The van der Waals surface area contributed by atoms with Crippen molar-refractivity contribution in [1.82, 2.24) is 5.43 Å². The maximum Gasteiger partial charge on any atom is 0.262 e. The van der Waals surface area contributed by atoms with Crippen molar-refractivity contribution in [2.24, 2.45) is 5.10 Å². The first-order chi connectivity index (χ1) is 11.5. The average Bonchev–Trinajstić information content (AvgIpc) is 2.58. The van der Waals surface area contributed by atoms with E-state index in [1.54, 1.807) is 38.3 Å². The van der Waals surface area contributed by atoms with Gasteiger partial charge in [-0.3, -0.25) is 4.79 Å². The molecular formula is C17H18ClN3O3. The maximum absolute atomic E-state index is 12.0. The van der Waals surface area contributed by atoms with Crippen molar-refractivity contribution in [1.29, 1.82) is 0 Å². The van der Waals surface area contributed by atoms with Crippen LogP contribution >= 0.6 is 11.6 Å². The van der Waals surface area contributed by atoms with Gasteiger partial charge >= 0.3 is 0 Å². The number of aromatic hydroxyl groups is 1. The topological polar surface area (TPSA) is 83.0 Å². The van der Waals surface area contributed by atoms with Gasteiger partial charge in [0.05, 0.1) is 13.3 Å². The minimum atomic E-state index is -0.497. The van der Waals surface area contributed by atoms with E-state index >= 15 is 0 Å². The third-order valence-corrected chi connectivity index (χ3v) is 3.47. The van der Waals surface area contributed by atoms with Crippen molar-refractivity contribution in [3.63, 3.8) is 0 Å². The Morgan fingerprint density at radius 1 is 1.29 bits per heavy atom. The van der Waals surface area contributed by atoms with E-state index < -0.39 is 6.04 Å². The van der Waals surface area contributed by atoms with Gasteiger partial charge in [0.15, 0.2) is 0 Å². The molecule has 24 heavy (non-hydrogen) atoms. The fourth-order valence-corrected chi connectivity index (χ4v) is 2.07. The normalized spacial score (nSPS) is 12.0. The molecule has 0 heterocycles. The molecule has 7 heteroatoms. The molecule has 1 atom stereocenters. The first-order valence-electron chi connectivity index (χ1n) is 7.21. The summed E-state index contributed by atoms with van der Waals surface area (Å²) in [5, 5.41) is 17.0. The number of benzene rings is 2. The second kappa shape index (κ2) is 8.21. The molecule has 2 aromatic carbocycles. The number of phenols is 1. The zero-order chi connectivity index (χ0) is 17.5. The highest BCUT2D eigenvalue weighted by molar-refractivity contribution is 6.30. The number of halogens is 1. The van der Waals surface area contributed by atoms with E-state index in [9.17, 15) is 9.90 Å². The second-order valence-corrected chi connectivity index (χ2v) is 5.47. The minimum Gasteiger partial charge on any atom is -0.507 e. The lowest BCUT2D eigenvalue weighted by atomic mass is 10.2. The van der Waals surface area contributed by atoms with Gasteiger partial charge in [0.2, 0.25) is 0 Å². The summed E-state index contributed by atoms with van der Waals surface area (Å²) in [5.74, 6) is 0.453. The number of phenolic OH excluding ortho intramolecular Hbond substituents is 1. The van der Waals surface area contributed by atoms with Crippen molar-refractivity contribution < 1.29 is 14.6 Å². The Bertz CT molecular complexity index is 732. The van der Waals surface area contributed by atoms with Crippen molar-refractivity contribution >= 4 is 29.4 Å². The Morgan fingerprint density at radius 2 is 2.00 bits per heavy atom. The van der Waals surface area contributed by atoms with Crippen LogP contribution in [0.15, 0.2) is 47.6 Å². The maximum atomic E-state index is 12.0. The molecule has 0 aromatic heterocycles. The molecule has 6 nitrogen and oxygen atoms in total. The van der Waals surface area contributed by atoms with Crippen LogP contribution in [0.1, 0.15) is 12.5 Å². The smallest absolute Gasteiger partial charge is 0.262 e. The Labute approximate surface area is 145 Å². The number of methoxy groups -OCH3 is 1. The van der Waals surface area contributed by atoms with Crippen LogP contribution in [0.4, 0.5) is 5.69 Å². The number of carbonyl (C=O) groups excluding carboxylic acids is 1. The summed E-state index contributed by atoms with van der Waals surface area (Å²) in [7, 11) is 1.59. The van der Waals surface area contributed by atoms with E-state index in [4.69, 9.17) is 16.3 Å². The van der Waals surface area contributed by atoms with Gasteiger partial charge in [0.1, 0.15) is 17.5 Å². The number of ether oxygens (including phenoxy) is 1. The summed E-state index contributed by atoms with van der Waals surface area (Å²) in [6, 6.07) is 11.3. The highest BCUT2D eigenvalue weighted by Gasteiger charge is 2.11. The van der Waals surface area contributed by atoms with E-state index in [0.29, 0.717) is 10.6 Å². The fraction of sp³-hybridized carbons (Fsp3) is 0.176. The number of anilines is 1. The molecule has 1 unspecified atom stereocenters.